The Hall–Kier alpha value is -4.66. The molecule has 1 aliphatic rings. The van der Waals surface area contributed by atoms with Crippen molar-refractivity contribution in [3.05, 3.63) is 101 Å². The second-order valence-electron chi connectivity index (χ2n) is 9.82. The maximum Gasteiger partial charge on any atom is 0.507 e. The van der Waals surface area contributed by atoms with Crippen LogP contribution >= 0.6 is 0 Å². The van der Waals surface area contributed by atoms with Gasteiger partial charge >= 0.3 is 6.16 Å². The molecule has 0 saturated carbocycles. The first kappa shape index (κ1) is 26.0. The molecule has 0 saturated heterocycles. The summed E-state index contributed by atoms with van der Waals surface area (Å²) in [6, 6.07) is 20.3. The van der Waals surface area contributed by atoms with E-state index in [0.717, 1.165) is 5.56 Å². The van der Waals surface area contributed by atoms with Crippen molar-refractivity contribution < 1.29 is 33.0 Å². The first-order chi connectivity index (χ1) is 18.6. The van der Waals surface area contributed by atoms with Crippen LogP contribution in [0.1, 0.15) is 36.4 Å². The Morgan fingerprint density at radius 3 is 2.59 bits per heavy atom. The third-order valence-electron chi connectivity index (χ3n) is 6.84. The van der Waals surface area contributed by atoms with E-state index in [9.17, 15) is 19.1 Å². The third kappa shape index (κ3) is 5.20. The number of benzene rings is 3. The number of hydrogen-bond donors (Lipinski definition) is 1. The van der Waals surface area contributed by atoms with Crippen LogP contribution in [0.4, 0.5) is 14.9 Å². The highest BCUT2D eigenvalue weighted by Crippen LogP contribution is 2.38. The van der Waals surface area contributed by atoms with Crippen molar-refractivity contribution in [2.24, 2.45) is 0 Å². The predicted molar refractivity (Wildman–Crippen MR) is 141 cm³/mol. The number of aryl methyl sites for hydroxylation is 1. The second-order valence-corrected chi connectivity index (χ2v) is 9.82. The van der Waals surface area contributed by atoms with Crippen LogP contribution in [0.25, 0.3) is 11.5 Å². The summed E-state index contributed by atoms with van der Waals surface area (Å²) in [5, 5.41) is 9.25. The summed E-state index contributed by atoms with van der Waals surface area (Å²) in [6.07, 6.45) is -2.11. The minimum Gasteiger partial charge on any atom is -0.487 e. The number of anilines is 1. The van der Waals surface area contributed by atoms with E-state index < -0.39 is 17.8 Å². The van der Waals surface area contributed by atoms with Crippen molar-refractivity contribution >= 4 is 17.7 Å². The first-order valence-corrected chi connectivity index (χ1v) is 12.4. The lowest BCUT2D eigenvalue weighted by molar-refractivity contribution is -0.125. The highest BCUT2D eigenvalue weighted by atomic mass is 19.1. The molecule has 4 aromatic rings. The van der Waals surface area contributed by atoms with Crippen LogP contribution in [-0.4, -0.2) is 28.4 Å². The molecule has 2 heterocycles. The normalized spacial score (nSPS) is 14.7. The number of amides is 1. The van der Waals surface area contributed by atoms with Crippen molar-refractivity contribution in [1.82, 2.24) is 4.98 Å². The lowest BCUT2D eigenvalue weighted by Crippen LogP contribution is -2.48. The molecule has 0 radical (unpaired) electrons. The molecule has 0 bridgehead atoms. The van der Waals surface area contributed by atoms with Crippen LogP contribution in [-0.2, 0) is 28.0 Å². The van der Waals surface area contributed by atoms with Gasteiger partial charge in [0.2, 0.25) is 11.8 Å². The fraction of sp³-hybridized carbons (Fsp3) is 0.233. The molecule has 5 rings (SSSR count). The number of halogens is 1. The van der Waals surface area contributed by atoms with Crippen LogP contribution in [0.3, 0.4) is 0 Å². The zero-order valence-corrected chi connectivity index (χ0v) is 21.7. The lowest BCUT2D eigenvalue weighted by atomic mass is 9.83. The summed E-state index contributed by atoms with van der Waals surface area (Å²) in [7, 11) is 0. The van der Waals surface area contributed by atoms with Gasteiger partial charge in [0, 0.05) is 12.0 Å². The summed E-state index contributed by atoms with van der Waals surface area (Å²) in [4.78, 5) is 31.1. The summed E-state index contributed by atoms with van der Waals surface area (Å²) in [6.45, 7) is 5.47. The number of carbonyl (C=O) groups is 2. The van der Waals surface area contributed by atoms with Crippen LogP contribution in [0.5, 0.6) is 5.75 Å². The van der Waals surface area contributed by atoms with E-state index in [2.05, 4.69) is 4.98 Å². The highest BCUT2D eigenvalue weighted by molar-refractivity contribution is 6.02. The van der Waals surface area contributed by atoms with Crippen molar-refractivity contribution in [2.45, 2.75) is 45.4 Å². The van der Waals surface area contributed by atoms with Crippen LogP contribution in [0.2, 0.25) is 0 Å². The van der Waals surface area contributed by atoms with E-state index in [1.165, 1.54) is 17.0 Å². The number of fused-ring (bicyclic) bond motifs is 1. The van der Waals surface area contributed by atoms with E-state index in [-0.39, 0.29) is 24.8 Å². The molecule has 0 spiro atoms. The predicted octanol–water partition coefficient (Wildman–Crippen LogP) is 6.26. The van der Waals surface area contributed by atoms with Gasteiger partial charge in [0.25, 0.3) is 0 Å². The first-order valence-electron chi connectivity index (χ1n) is 12.4. The number of hydrogen-bond acceptors (Lipinski definition) is 6. The SMILES string of the molecule is Cc1oc(-c2ccc(F)cc2)nc1COc1cccc(C(C)(C)C(=O)N2c3ccccc3C[C@H]2OC(=O)O)c1. The number of rotatable bonds is 7. The molecule has 0 fully saturated rings. The summed E-state index contributed by atoms with van der Waals surface area (Å²) in [5.41, 5.74) is 2.38. The Kier molecular flexibility index (Phi) is 6.82. The van der Waals surface area contributed by atoms with E-state index in [1.807, 2.05) is 18.2 Å². The fourth-order valence-electron chi connectivity index (χ4n) is 4.63. The molecule has 0 unspecified atom stereocenters. The molecular formula is C30H27FN2O6. The van der Waals surface area contributed by atoms with Crippen molar-refractivity contribution in [3.8, 4) is 17.2 Å². The number of oxazole rings is 1. The highest BCUT2D eigenvalue weighted by Gasteiger charge is 2.43. The third-order valence-corrected chi connectivity index (χ3v) is 6.84. The van der Waals surface area contributed by atoms with Gasteiger partial charge in [-0.05, 0) is 74.4 Å². The summed E-state index contributed by atoms with van der Waals surface area (Å²) in [5.74, 6) is 0.839. The molecule has 1 aliphatic heterocycles. The summed E-state index contributed by atoms with van der Waals surface area (Å²) < 4.78 is 30.1. The number of carbonyl (C=O) groups excluding carboxylic acids is 1. The van der Waals surface area contributed by atoms with Gasteiger partial charge in [0.15, 0.2) is 6.23 Å². The van der Waals surface area contributed by atoms with Gasteiger partial charge in [0.1, 0.15) is 29.6 Å². The Bertz CT molecular complexity index is 1530. The smallest absolute Gasteiger partial charge is 0.487 e. The molecule has 3 aromatic carbocycles. The molecule has 1 atom stereocenters. The standard InChI is InChI=1S/C30H27FN2O6/c1-18-24(32-27(38-18)19-11-13-22(31)14-12-19)17-37-23-9-6-8-21(16-23)30(2,3)28(34)33-25-10-5-4-7-20(25)15-26(33)39-29(35)36/h4-14,16,26H,15,17H2,1-3H3,(H,35,36)/t26-/m1/s1. The molecule has 0 aliphatic carbocycles. The lowest BCUT2D eigenvalue weighted by Gasteiger charge is -2.33. The Balaban J connectivity index is 1.35. The Labute approximate surface area is 224 Å². The molecule has 200 valence electrons. The average molecular weight is 531 g/mol. The van der Waals surface area contributed by atoms with Crippen LogP contribution in [0, 0.1) is 12.7 Å². The summed E-state index contributed by atoms with van der Waals surface area (Å²) >= 11 is 0. The van der Waals surface area contributed by atoms with Gasteiger partial charge in [-0.25, -0.2) is 14.2 Å². The van der Waals surface area contributed by atoms with E-state index >= 15 is 0 Å². The molecule has 1 aromatic heterocycles. The zero-order valence-electron chi connectivity index (χ0n) is 21.7. The van der Waals surface area contributed by atoms with Gasteiger partial charge in [-0.15, -0.1) is 0 Å². The van der Waals surface area contributed by atoms with E-state index in [4.69, 9.17) is 13.9 Å². The van der Waals surface area contributed by atoms with Crippen LogP contribution < -0.4 is 9.64 Å². The number of nitrogens with zero attached hydrogens (tertiary/aromatic N) is 2. The largest absolute Gasteiger partial charge is 0.507 e. The second kappa shape index (κ2) is 10.2. The Morgan fingerprint density at radius 2 is 1.85 bits per heavy atom. The molecule has 1 N–H and O–H groups in total. The number of carboxylic acid groups (broad SMARTS) is 1. The molecular weight excluding hydrogens is 503 g/mol. The van der Waals surface area contributed by atoms with Gasteiger partial charge in [-0.2, -0.15) is 0 Å². The van der Waals surface area contributed by atoms with Crippen molar-refractivity contribution in [3.63, 3.8) is 0 Å². The average Bonchev–Trinajstić information content (AvgIpc) is 3.46. The number of aromatic nitrogens is 1. The number of ether oxygens (including phenoxy) is 2. The van der Waals surface area contributed by atoms with Gasteiger partial charge in [-0.1, -0.05) is 30.3 Å². The van der Waals surface area contributed by atoms with Crippen molar-refractivity contribution in [1.29, 1.82) is 0 Å². The van der Waals surface area contributed by atoms with Gasteiger partial charge in [0.05, 0.1) is 11.1 Å². The topological polar surface area (TPSA) is 102 Å². The molecule has 39 heavy (non-hydrogen) atoms. The van der Waals surface area contributed by atoms with Crippen LogP contribution in [0.15, 0.2) is 77.2 Å². The molecule has 8 nitrogen and oxygen atoms in total. The van der Waals surface area contributed by atoms with Crippen molar-refractivity contribution in [2.75, 3.05) is 4.90 Å². The minimum atomic E-state index is -1.44. The van der Waals surface area contributed by atoms with Gasteiger partial charge in [-0.3, -0.25) is 9.69 Å². The fourth-order valence-corrected chi connectivity index (χ4v) is 4.63. The monoisotopic (exact) mass is 530 g/mol. The molecule has 1 amide bonds. The van der Waals surface area contributed by atoms with E-state index in [0.29, 0.717) is 39.9 Å². The quantitative estimate of drug-likeness (QED) is 0.282. The zero-order chi connectivity index (χ0) is 27.7. The van der Waals surface area contributed by atoms with Gasteiger partial charge < -0.3 is 19.0 Å². The maximum atomic E-state index is 13.9. The molecule has 9 heteroatoms. The minimum absolute atomic E-state index is 0.127. The Morgan fingerprint density at radius 1 is 1.10 bits per heavy atom. The number of para-hydroxylation sites is 1. The maximum absolute atomic E-state index is 13.9. The van der Waals surface area contributed by atoms with E-state index in [1.54, 1.807) is 63.2 Å².